The number of rotatable bonds is 5. The van der Waals surface area contributed by atoms with Crippen LogP contribution in [0.25, 0.3) is 0 Å². The van der Waals surface area contributed by atoms with Crippen LogP contribution in [0.2, 0.25) is 10.3 Å². The monoisotopic (exact) mass is 387 g/mol. The van der Waals surface area contributed by atoms with Gasteiger partial charge in [0.05, 0.1) is 5.54 Å². The molecule has 8 heteroatoms. The molecule has 1 heterocycles. The van der Waals surface area contributed by atoms with Crippen molar-refractivity contribution in [1.82, 2.24) is 15.6 Å². The second-order valence-corrected chi connectivity index (χ2v) is 8.28. The van der Waals surface area contributed by atoms with Crippen molar-refractivity contribution in [2.75, 3.05) is 6.54 Å². The van der Waals surface area contributed by atoms with Crippen LogP contribution in [-0.2, 0) is 4.74 Å². The Morgan fingerprint density at radius 1 is 1.20 bits per heavy atom. The molecular formula is C17H23Cl2N3O3. The highest BCUT2D eigenvalue weighted by Gasteiger charge is 2.43. The highest BCUT2D eigenvalue weighted by molar-refractivity contribution is 6.33. The lowest BCUT2D eigenvalue weighted by Gasteiger charge is -2.32. The van der Waals surface area contributed by atoms with E-state index in [2.05, 4.69) is 15.6 Å². The summed E-state index contributed by atoms with van der Waals surface area (Å²) >= 11 is 11.7. The topological polar surface area (TPSA) is 80.3 Å². The van der Waals surface area contributed by atoms with Crippen LogP contribution < -0.4 is 10.6 Å². The number of carbonyl (C=O) groups excluding carboxylic acids is 2. The van der Waals surface area contributed by atoms with E-state index in [0.717, 1.165) is 12.8 Å². The van der Waals surface area contributed by atoms with Crippen LogP contribution in [0.15, 0.2) is 12.1 Å². The standard InChI is InChI=1S/C17H23Cl2N3O3/c1-16(2,3)25-15(24)20-9-17(4,11-5-6-11)22-14(23)10-7-12(18)21-13(19)8-10/h7-8,11H,5-6,9H2,1-4H3,(H,20,24)(H,22,23). The van der Waals surface area contributed by atoms with Crippen LogP contribution >= 0.6 is 23.2 Å². The van der Waals surface area contributed by atoms with Gasteiger partial charge in [0.15, 0.2) is 0 Å². The van der Waals surface area contributed by atoms with E-state index in [1.54, 1.807) is 20.8 Å². The lowest BCUT2D eigenvalue weighted by molar-refractivity contribution is 0.0502. The van der Waals surface area contributed by atoms with Gasteiger partial charge in [0.25, 0.3) is 5.91 Å². The van der Waals surface area contributed by atoms with E-state index in [0.29, 0.717) is 11.5 Å². The van der Waals surface area contributed by atoms with Gasteiger partial charge in [-0.1, -0.05) is 23.2 Å². The highest BCUT2D eigenvalue weighted by atomic mass is 35.5. The summed E-state index contributed by atoms with van der Waals surface area (Å²) in [7, 11) is 0. The van der Waals surface area contributed by atoms with Gasteiger partial charge in [-0.3, -0.25) is 4.79 Å². The zero-order valence-electron chi connectivity index (χ0n) is 14.8. The Morgan fingerprint density at radius 2 is 1.76 bits per heavy atom. The van der Waals surface area contributed by atoms with Crippen LogP contribution in [0.5, 0.6) is 0 Å². The van der Waals surface area contributed by atoms with E-state index in [9.17, 15) is 9.59 Å². The fourth-order valence-electron chi connectivity index (χ4n) is 2.51. The molecule has 0 aliphatic heterocycles. The van der Waals surface area contributed by atoms with Gasteiger partial charge in [0.1, 0.15) is 15.9 Å². The van der Waals surface area contributed by atoms with Crippen molar-refractivity contribution in [2.24, 2.45) is 5.92 Å². The Labute approximate surface area is 157 Å². The number of carbonyl (C=O) groups is 2. The summed E-state index contributed by atoms with van der Waals surface area (Å²) in [6, 6.07) is 2.91. The van der Waals surface area contributed by atoms with Gasteiger partial charge >= 0.3 is 6.09 Å². The van der Waals surface area contributed by atoms with Crippen molar-refractivity contribution in [3.63, 3.8) is 0 Å². The molecule has 1 atom stereocenters. The summed E-state index contributed by atoms with van der Waals surface area (Å²) in [6.07, 6.45) is 1.47. The number of pyridine rings is 1. The highest BCUT2D eigenvalue weighted by Crippen LogP contribution is 2.39. The molecule has 1 fully saturated rings. The fourth-order valence-corrected chi connectivity index (χ4v) is 2.97. The molecule has 1 aromatic heterocycles. The summed E-state index contributed by atoms with van der Waals surface area (Å²) < 4.78 is 5.25. The minimum absolute atomic E-state index is 0.151. The average Bonchev–Trinajstić information content (AvgIpc) is 3.27. The molecule has 2 rings (SSSR count). The lowest BCUT2D eigenvalue weighted by atomic mass is 9.95. The van der Waals surface area contributed by atoms with Crippen LogP contribution in [0.4, 0.5) is 4.79 Å². The number of ether oxygens (including phenoxy) is 1. The van der Waals surface area contributed by atoms with E-state index in [4.69, 9.17) is 27.9 Å². The number of hydrogen-bond acceptors (Lipinski definition) is 4. The molecule has 1 unspecified atom stereocenters. The molecule has 1 aliphatic rings. The lowest BCUT2D eigenvalue weighted by Crippen LogP contribution is -2.55. The SMILES string of the molecule is CC(C)(C)OC(=O)NCC(C)(NC(=O)c1cc(Cl)nc(Cl)c1)C1CC1. The number of halogens is 2. The molecule has 1 aromatic rings. The predicted molar refractivity (Wildman–Crippen MR) is 97.1 cm³/mol. The normalized spacial score (nSPS) is 16.7. The Kier molecular flexibility index (Phi) is 5.84. The first kappa shape index (κ1) is 19.8. The van der Waals surface area contributed by atoms with Crippen molar-refractivity contribution in [3.8, 4) is 0 Å². The quantitative estimate of drug-likeness (QED) is 0.752. The maximum atomic E-state index is 12.6. The molecule has 1 aliphatic carbocycles. The number of amides is 2. The number of nitrogens with one attached hydrogen (secondary N) is 2. The third-order valence-corrected chi connectivity index (χ3v) is 4.29. The van der Waals surface area contributed by atoms with Crippen molar-refractivity contribution in [3.05, 3.63) is 28.0 Å². The molecule has 0 radical (unpaired) electrons. The number of alkyl carbamates (subject to hydrolysis) is 1. The largest absolute Gasteiger partial charge is 0.444 e. The van der Waals surface area contributed by atoms with E-state index in [-0.39, 0.29) is 22.8 Å². The zero-order valence-corrected chi connectivity index (χ0v) is 16.3. The Balaban J connectivity index is 2.04. The Hall–Kier alpha value is -1.53. The molecule has 25 heavy (non-hydrogen) atoms. The molecule has 138 valence electrons. The third-order valence-electron chi connectivity index (χ3n) is 3.90. The van der Waals surface area contributed by atoms with E-state index in [1.165, 1.54) is 12.1 Å². The van der Waals surface area contributed by atoms with Gasteiger partial charge in [-0.2, -0.15) is 0 Å². The summed E-state index contributed by atoms with van der Waals surface area (Å²) in [4.78, 5) is 28.3. The van der Waals surface area contributed by atoms with E-state index < -0.39 is 17.2 Å². The number of hydrogen-bond donors (Lipinski definition) is 2. The maximum absolute atomic E-state index is 12.6. The van der Waals surface area contributed by atoms with Crippen molar-refractivity contribution in [1.29, 1.82) is 0 Å². The Bertz CT molecular complexity index is 651. The third kappa shape index (κ3) is 6.04. The molecule has 1 saturated carbocycles. The second kappa shape index (κ2) is 7.38. The molecule has 2 N–H and O–H groups in total. The summed E-state index contributed by atoms with van der Waals surface area (Å²) in [5.74, 6) is -0.0224. The molecule has 0 spiro atoms. The molecule has 6 nitrogen and oxygen atoms in total. The molecular weight excluding hydrogens is 365 g/mol. The van der Waals surface area contributed by atoms with Crippen LogP contribution in [-0.4, -0.2) is 34.7 Å². The van der Waals surface area contributed by atoms with E-state index >= 15 is 0 Å². The van der Waals surface area contributed by atoms with Gasteiger partial charge in [0, 0.05) is 12.1 Å². The predicted octanol–water partition coefficient (Wildman–Crippen LogP) is 3.81. The van der Waals surface area contributed by atoms with Gasteiger partial charge < -0.3 is 15.4 Å². The van der Waals surface area contributed by atoms with Gasteiger partial charge in [-0.15, -0.1) is 0 Å². The first-order valence-corrected chi connectivity index (χ1v) is 8.86. The summed E-state index contributed by atoms with van der Waals surface area (Å²) in [5.41, 5.74) is -0.835. The summed E-state index contributed by atoms with van der Waals surface area (Å²) in [5, 5.41) is 6.03. The second-order valence-electron chi connectivity index (χ2n) is 7.50. The molecule has 0 aromatic carbocycles. The van der Waals surface area contributed by atoms with Crippen molar-refractivity contribution >= 4 is 35.2 Å². The van der Waals surface area contributed by atoms with Gasteiger partial charge in [-0.05, 0) is 58.6 Å². The molecule has 2 amide bonds. The smallest absolute Gasteiger partial charge is 0.407 e. The minimum atomic E-state index is -0.587. The minimum Gasteiger partial charge on any atom is -0.444 e. The van der Waals surface area contributed by atoms with Crippen molar-refractivity contribution < 1.29 is 14.3 Å². The summed E-state index contributed by atoms with van der Waals surface area (Å²) in [6.45, 7) is 7.57. The Morgan fingerprint density at radius 3 is 2.24 bits per heavy atom. The molecule has 0 saturated heterocycles. The van der Waals surface area contributed by atoms with Gasteiger partial charge in [-0.25, -0.2) is 9.78 Å². The first-order valence-electron chi connectivity index (χ1n) is 8.11. The van der Waals surface area contributed by atoms with E-state index in [1.807, 2.05) is 6.92 Å². The fraction of sp³-hybridized carbons (Fsp3) is 0.588. The number of aromatic nitrogens is 1. The van der Waals surface area contributed by atoms with Gasteiger partial charge in [0.2, 0.25) is 0 Å². The first-order chi connectivity index (χ1) is 11.5. The average molecular weight is 388 g/mol. The van der Waals surface area contributed by atoms with Crippen LogP contribution in [0.1, 0.15) is 50.9 Å². The zero-order chi connectivity index (χ0) is 18.8. The maximum Gasteiger partial charge on any atom is 0.407 e. The number of nitrogens with zero attached hydrogens (tertiary/aromatic N) is 1. The molecule has 0 bridgehead atoms. The van der Waals surface area contributed by atoms with Crippen LogP contribution in [0, 0.1) is 5.92 Å². The van der Waals surface area contributed by atoms with Crippen LogP contribution in [0.3, 0.4) is 0 Å². The van der Waals surface area contributed by atoms with Crippen molar-refractivity contribution in [2.45, 2.75) is 51.7 Å².